The van der Waals surface area contributed by atoms with Gasteiger partial charge < -0.3 is 20.5 Å². The molecule has 1 atom stereocenters. The van der Waals surface area contributed by atoms with Gasteiger partial charge >= 0.3 is 0 Å². The van der Waals surface area contributed by atoms with Gasteiger partial charge in [-0.2, -0.15) is 0 Å². The quantitative estimate of drug-likeness (QED) is 0.673. The van der Waals surface area contributed by atoms with Crippen LogP contribution >= 0.6 is 15.9 Å². The van der Waals surface area contributed by atoms with Crippen LogP contribution in [0.1, 0.15) is 41.5 Å². The number of aromatic amines is 1. The third-order valence-corrected chi connectivity index (χ3v) is 6.29. The van der Waals surface area contributed by atoms with E-state index in [1.165, 1.54) is 5.69 Å². The van der Waals surface area contributed by atoms with Crippen molar-refractivity contribution in [3.05, 3.63) is 52.0 Å². The van der Waals surface area contributed by atoms with Crippen LogP contribution in [0.3, 0.4) is 0 Å². The fraction of sp³-hybridized carbons (Fsp3) is 0.450. The van der Waals surface area contributed by atoms with Crippen molar-refractivity contribution in [2.45, 2.75) is 37.8 Å². The molecule has 28 heavy (non-hydrogen) atoms. The van der Waals surface area contributed by atoms with Crippen molar-refractivity contribution >= 4 is 27.7 Å². The fourth-order valence-corrected chi connectivity index (χ4v) is 4.44. The average molecular weight is 446 g/mol. The maximum absolute atomic E-state index is 12.8. The summed E-state index contributed by atoms with van der Waals surface area (Å²) < 4.78 is 0.909. The molecular weight excluding hydrogens is 422 g/mol. The van der Waals surface area contributed by atoms with Crippen molar-refractivity contribution < 1.29 is 9.59 Å². The fourth-order valence-electron chi connectivity index (χ4n) is 4.17. The summed E-state index contributed by atoms with van der Waals surface area (Å²) in [4.78, 5) is 34.9. The van der Waals surface area contributed by atoms with Gasteiger partial charge in [-0.05, 0) is 44.0 Å². The molecule has 0 radical (unpaired) electrons. The van der Waals surface area contributed by atoms with Crippen molar-refractivity contribution in [1.82, 2.24) is 25.5 Å². The summed E-state index contributed by atoms with van der Waals surface area (Å²) in [7, 11) is 0. The summed E-state index contributed by atoms with van der Waals surface area (Å²) >= 11 is 3.35. The van der Waals surface area contributed by atoms with Crippen LogP contribution in [0.2, 0.25) is 0 Å². The molecule has 1 saturated heterocycles. The number of halogens is 1. The number of rotatable bonds is 3. The Kier molecular flexibility index (Phi) is 5.25. The Hall–Kier alpha value is -2.19. The molecule has 1 spiro atoms. The van der Waals surface area contributed by atoms with E-state index in [2.05, 4.69) is 36.5 Å². The van der Waals surface area contributed by atoms with Crippen LogP contribution in [0, 0.1) is 0 Å². The molecule has 3 heterocycles. The first-order valence-corrected chi connectivity index (χ1v) is 10.4. The van der Waals surface area contributed by atoms with Crippen molar-refractivity contribution in [1.29, 1.82) is 0 Å². The third-order valence-electron chi connectivity index (χ3n) is 5.76. The molecule has 1 fully saturated rings. The van der Waals surface area contributed by atoms with E-state index in [1.54, 1.807) is 25.4 Å². The Morgan fingerprint density at radius 2 is 1.96 bits per heavy atom. The summed E-state index contributed by atoms with van der Waals surface area (Å²) in [5.74, 6) is -0.282. The van der Waals surface area contributed by atoms with Gasteiger partial charge in [0.2, 0.25) is 5.91 Å². The van der Waals surface area contributed by atoms with E-state index in [9.17, 15) is 9.59 Å². The predicted octanol–water partition coefficient (Wildman–Crippen LogP) is 1.95. The zero-order valence-corrected chi connectivity index (χ0v) is 17.4. The topological polar surface area (TPSA) is 90.1 Å². The minimum absolute atomic E-state index is 0.0432. The highest BCUT2D eigenvalue weighted by Crippen LogP contribution is 2.35. The van der Waals surface area contributed by atoms with Gasteiger partial charge in [0, 0.05) is 41.8 Å². The van der Waals surface area contributed by atoms with Crippen molar-refractivity contribution in [2.75, 3.05) is 19.6 Å². The molecular formula is C20H24BrN5O2. The predicted molar refractivity (Wildman–Crippen MR) is 109 cm³/mol. The monoisotopic (exact) mass is 445 g/mol. The number of H-pyrrole nitrogens is 1. The lowest BCUT2D eigenvalue weighted by Gasteiger charge is -2.44. The van der Waals surface area contributed by atoms with Crippen LogP contribution < -0.4 is 10.6 Å². The number of likely N-dealkylation sites (tertiary alicyclic amines) is 1. The van der Waals surface area contributed by atoms with E-state index in [1.807, 2.05) is 17.0 Å². The van der Waals surface area contributed by atoms with Crippen LogP contribution in [0.4, 0.5) is 0 Å². The van der Waals surface area contributed by atoms with Crippen LogP contribution in [-0.4, -0.2) is 52.4 Å². The summed E-state index contributed by atoms with van der Waals surface area (Å²) in [5.41, 5.74) is 2.70. The Labute approximate surface area is 172 Å². The number of aromatic nitrogens is 2. The van der Waals surface area contributed by atoms with Gasteiger partial charge in [-0.1, -0.05) is 15.9 Å². The van der Waals surface area contributed by atoms with E-state index in [0.717, 1.165) is 36.0 Å². The number of fused-ring (bicyclic) bond motifs is 2. The molecule has 1 aromatic carbocycles. The molecule has 0 bridgehead atoms. The Morgan fingerprint density at radius 3 is 2.68 bits per heavy atom. The van der Waals surface area contributed by atoms with Crippen molar-refractivity contribution in [3.8, 4) is 0 Å². The van der Waals surface area contributed by atoms with Crippen LogP contribution in [0.15, 0.2) is 35.1 Å². The number of imidazole rings is 1. The first-order chi connectivity index (χ1) is 13.5. The minimum atomic E-state index is -0.564. The van der Waals surface area contributed by atoms with Gasteiger partial charge in [0.25, 0.3) is 5.91 Å². The molecule has 4 rings (SSSR count). The number of hydrogen-bond acceptors (Lipinski definition) is 4. The number of nitrogens with zero attached hydrogens (tertiary/aromatic N) is 2. The lowest BCUT2D eigenvalue weighted by Crippen LogP contribution is -2.57. The zero-order valence-electron chi connectivity index (χ0n) is 15.8. The van der Waals surface area contributed by atoms with E-state index in [-0.39, 0.29) is 17.4 Å². The number of amides is 2. The van der Waals surface area contributed by atoms with Gasteiger partial charge in [0.15, 0.2) is 0 Å². The van der Waals surface area contributed by atoms with E-state index < -0.39 is 6.04 Å². The third kappa shape index (κ3) is 3.58. The normalized spacial score (nSPS) is 19.1. The molecule has 148 valence electrons. The highest BCUT2D eigenvalue weighted by Gasteiger charge is 2.42. The maximum atomic E-state index is 12.8. The number of hydrogen-bond donors (Lipinski definition) is 3. The number of carbonyl (C=O) groups excluding carboxylic acids is 2. The number of carbonyl (C=O) groups is 2. The van der Waals surface area contributed by atoms with Crippen molar-refractivity contribution in [2.24, 2.45) is 0 Å². The number of piperidine rings is 1. The van der Waals surface area contributed by atoms with Crippen LogP contribution in [-0.2, 0) is 16.8 Å². The second-order valence-corrected chi connectivity index (χ2v) is 8.43. The van der Waals surface area contributed by atoms with E-state index in [4.69, 9.17) is 0 Å². The largest absolute Gasteiger partial charge is 0.348 e. The molecule has 8 heteroatoms. The minimum Gasteiger partial charge on any atom is -0.348 e. The Bertz CT molecular complexity index is 871. The maximum Gasteiger partial charge on any atom is 0.251 e. The van der Waals surface area contributed by atoms with Gasteiger partial charge in [-0.15, -0.1) is 0 Å². The van der Waals surface area contributed by atoms with Crippen LogP contribution in [0.5, 0.6) is 0 Å². The molecule has 1 unspecified atom stereocenters. The first-order valence-electron chi connectivity index (χ1n) is 9.61. The van der Waals surface area contributed by atoms with Gasteiger partial charge in [-0.25, -0.2) is 4.98 Å². The molecule has 2 aliphatic rings. The first kappa shape index (κ1) is 19.1. The molecule has 2 aliphatic heterocycles. The second kappa shape index (κ2) is 7.67. The molecule has 0 saturated carbocycles. The number of nitrogens with one attached hydrogen (secondary N) is 3. The zero-order chi connectivity index (χ0) is 19.7. The Balaban J connectivity index is 1.36. The smallest absolute Gasteiger partial charge is 0.251 e. The standard InChI is InChI=1S/C20H24BrN5O2/c1-13(25-18(27)14-2-4-15(21)5-3-14)19(28)26-10-7-20(8-11-26)17-16(6-9-24-20)22-12-23-17/h2-5,12-13,24H,6-11H2,1H3,(H,22,23)(H,25,27). The molecule has 3 N–H and O–H groups in total. The second-order valence-electron chi connectivity index (χ2n) is 7.52. The summed E-state index contributed by atoms with van der Waals surface area (Å²) in [6.07, 6.45) is 4.36. The van der Waals surface area contributed by atoms with Gasteiger partial charge in [-0.3, -0.25) is 9.59 Å². The summed E-state index contributed by atoms with van der Waals surface area (Å²) in [6, 6.07) is 6.53. The summed E-state index contributed by atoms with van der Waals surface area (Å²) in [5, 5.41) is 6.45. The van der Waals surface area contributed by atoms with Gasteiger partial charge in [0.05, 0.1) is 17.6 Å². The van der Waals surface area contributed by atoms with E-state index >= 15 is 0 Å². The highest BCUT2D eigenvalue weighted by atomic mass is 79.9. The van der Waals surface area contributed by atoms with Crippen LogP contribution in [0.25, 0.3) is 0 Å². The number of benzene rings is 1. The molecule has 0 aliphatic carbocycles. The lowest BCUT2D eigenvalue weighted by molar-refractivity contribution is -0.134. The lowest BCUT2D eigenvalue weighted by atomic mass is 9.80. The van der Waals surface area contributed by atoms with E-state index in [0.29, 0.717) is 18.7 Å². The molecule has 7 nitrogen and oxygen atoms in total. The average Bonchev–Trinajstić information content (AvgIpc) is 3.19. The molecule has 2 aromatic rings. The van der Waals surface area contributed by atoms with Gasteiger partial charge in [0.1, 0.15) is 6.04 Å². The Morgan fingerprint density at radius 1 is 1.25 bits per heavy atom. The SMILES string of the molecule is CC(NC(=O)c1ccc(Br)cc1)C(=O)N1CCC2(CC1)NCCc1[nH]cnc12. The highest BCUT2D eigenvalue weighted by molar-refractivity contribution is 9.10. The molecule has 2 amide bonds. The van der Waals surface area contributed by atoms with Crippen molar-refractivity contribution in [3.63, 3.8) is 0 Å². The molecule has 1 aromatic heterocycles. The summed E-state index contributed by atoms with van der Waals surface area (Å²) in [6.45, 7) is 3.96.